The fraction of sp³-hybridized carbons (Fsp3) is 0.167. The van der Waals surface area contributed by atoms with Crippen molar-refractivity contribution in [1.29, 1.82) is 0 Å². The van der Waals surface area contributed by atoms with E-state index in [4.69, 9.17) is 0 Å². The molecule has 0 aliphatic rings. The second-order valence-electron chi connectivity index (χ2n) is 5.45. The Kier molecular flexibility index (Phi) is 4.19. The molecule has 0 saturated heterocycles. The lowest BCUT2D eigenvalue weighted by molar-refractivity contribution is -0.121. The van der Waals surface area contributed by atoms with Crippen molar-refractivity contribution >= 4 is 22.9 Å². The lowest BCUT2D eigenvalue weighted by Crippen LogP contribution is -2.24. The second-order valence-corrected chi connectivity index (χ2v) is 5.45. The van der Waals surface area contributed by atoms with Gasteiger partial charge in [-0.3, -0.25) is 9.48 Å². The van der Waals surface area contributed by atoms with Crippen LogP contribution in [0.1, 0.15) is 17.0 Å². The van der Waals surface area contributed by atoms with Crippen molar-refractivity contribution in [3.8, 4) is 0 Å². The highest BCUT2D eigenvalue weighted by Gasteiger charge is 2.06. The quantitative estimate of drug-likeness (QED) is 0.595. The van der Waals surface area contributed by atoms with Crippen LogP contribution in [0.4, 0.5) is 0 Å². The molecule has 3 aromatic rings. The van der Waals surface area contributed by atoms with Gasteiger partial charge in [0.25, 0.3) is 5.91 Å². The van der Waals surface area contributed by atoms with Crippen LogP contribution in [0.3, 0.4) is 0 Å². The van der Waals surface area contributed by atoms with Gasteiger partial charge in [-0.15, -0.1) is 0 Å². The Morgan fingerprint density at radius 1 is 1.22 bits per heavy atom. The van der Waals surface area contributed by atoms with Crippen molar-refractivity contribution in [2.75, 3.05) is 0 Å². The molecule has 0 aliphatic carbocycles. The maximum atomic E-state index is 11.9. The molecule has 3 rings (SSSR count). The van der Waals surface area contributed by atoms with Crippen LogP contribution in [0.5, 0.6) is 0 Å². The molecule has 0 spiro atoms. The highest BCUT2D eigenvalue weighted by Crippen LogP contribution is 2.16. The standard InChI is InChI=1S/C18H18N4O/c1-13-10-14(2)22(21-13)12-18(23)20-19-11-16-8-5-7-15-6-3-4-9-17(15)16/h3-11H,12H2,1-2H3,(H,20,23). The molecular weight excluding hydrogens is 288 g/mol. The zero-order chi connectivity index (χ0) is 16.2. The number of nitrogens with zero attached hydrogens (tertiary/aromatic N) is 3. The van der Waals surface area contributed by atoms with Gasteiger partial charge in [-0.05, 0) is 30.7 Å². The average molecular weight is 306 g/mol. The van der Waals surface area contributed by atoms with E-state index in [0.29, 0.717) is 0 Å². The molecular formula is C18H18N4O. The minimum atomic E-state index is -0.201. The van der Waals surface area contributed by atoms with Gasteiger partial charge in [0.1, 0.15) is 6.54 Å². The summed E-state index contributed by atoms with van der Waals surface area (Å²) in [6, 6.07) is 16.0. The number of aryl methyl sites for hydroxylation is 2. The van der Waals surface area contributed by atoms with Crippen molar-refractivity contribution in [2.24, 2.45) is 5.10 Å². The number of fused-ring (bicyclic) bond motifs is 1. The third kappa shape index (κ3) is 3.45. The minimum absolute atomic E-state index is 0.159. The van der Waals surface area contributed by atoms with Crippen molar-refractivity contribution in [2.45, 2.75) is 20.4 Å². The van der Waals surface area contributed by atoms with Crippen LogP contribution in [-0.2, 0) is 11.3 Å². The van der Waals surface area contributed by atoms with Gasteiger partial charge in [0.05, 0.1) is 11.9 Å². The van der Waals surface area contributed by atoms with Crippen molar-refractivity contribution in [3.63, 3.8) is 0 Å². The van der Waals surface area contributed by atoms with Crippen LogP contribution in [0, 0.1) is 13.8 Å². The lowest BCUT2D eigenvalue weighted by Gasteiger charge is -2.03. The second kappa shape index (κ2) is 6.44. The monoisotopic (exact) mass is 306 g/mol. The van der Waals surface area contributed by atoms with E-state index in [1.54, 1.807) is 10.9 Å². The van der Waals surface area contributed by atoms with Crippen LogP contribution in [-0.4, -0.2) is 21.9 Å². The molecule has 0 radical (unpaired) electrons. The predicted molar refractivity (Wildman–Crippen MR) is 91.4 cm³/mol. The molecule has 23 heavy (non-hydrogen) atoms. The van der Waals surface area contributed by atoms with Gasteiger partial charge < -0.3 is 0 Å². The van der Waals surface area contributed by atoms with Crippen LogP contribution in [0.2, 0.25) is 0 Å². The highest BCUT2D eigenvalue weighted by atomic mass is 16.2. The summed E-state index contributed by atoms with van der Waals surface area (Å²) in [6.07, 6.45) is 1.67. The number of aromatic nitrogens is 2. The van der Waals surface area contributed by atoms with E-state index in [1.165, 1.54) is 0 Å². The molecule has 1 amide bonds. The minimum Gasteiger partial charge on any atom is -0.271 e. The first kappa shape index (κ1) is 15.0. The molecule has 5 nitrogen and oxygen atoms in total. The van der Waals surface area contributed by atoms with E-state index >= 15 is 0 Å². The van der Waals surface area contributed by atoms with Gasteiger partial charge in [-0.2, -0.15) is 10.2 Å². The summed E-state index contributed by atoms with van der Waals surface area (Å²) in [4.78, 5) is 11.9. The SMILES string of the molecule is Cc1cc(C)n(CC(=O)NN=Cc2cccc3ccccc23)n1. The lowest BCUT2D eigenvalue weighted by atomic mass is 10.1. The molecule has 1 N–H and O–H groups in total. The normalized spacial score (nSPS) is 11.2. The highest BCUT2D eigenvalue weighted by molar-refractivity contribution is 5.99. The zero-order valence-electron chi connectivity index (χ0n) is 13.2. The Labute approximate surface area is 134 Å². The zero-order valence-corrected chi connectivity index (χ0v) is 13.2. The van der Waals surface area contributed by atoms with E-state index in [0.717, 1.165) is 27.7 Å². The molecule has 1 heterocycles. The molecule has 5 heteroatoms. The number of carbonyl (C=O) groups excluding carboxylic acids is 1. The molecule has 1 aromatic heterocycles. The van der Waals surface area contributed by atoms with E-state index in [1.807, 2.05) is 62.4 Å². The first-order valence-corrected chi connectivity index (χ1v) is 7.44. The molecule has 0 aliphatic heterocycles. The number of hydrazone groups is 1. The van der Waals surface area contributed by atoms with Crippen molar-refractivity contribution in [1.82, 2.24) is 15.2 Å². The van der Waals surface area contributed by atoms with Gasteiger partial charge in [-0.1, -0.05) is 42.5 Å². The Bertz CT molecular complexity index is 874. The average Bonchev–Trinajstić information content (AvgIpc) is 2.85. The number of amides is 1. The first-order valence-electron chi connectivity index (χ1n) is 7.44. The van der Waals surface area contributed by atoms with Crippen molar-refractivity contribution in [3.05, 3.63) is 65.5 Å². The van der Waals surface area contributed by atoms with Gasteiger partial charge in [0.2, 0.25) is 0 Å². The van der Waals surface area contributed by atoms with E-state index in [2.05, 4.69) is 15.6 Å². The van der Waals surface area contributed by atoms with Crippen LogP contribution in [0.25, 0.3) is 10.8 Å². The molecule has 116 valence electrons. The maximum Gasteiger partial charge on any atom is 0.261 e. The Morgan fingerprint density at radius 2 is 2.00 bits per heavy atom. The van der Waals surface area contributed by atoms with Gasteiger partial charge >= 0.3 is 0 Å². The Balaban J connectivity index is 1.68. The van der Waals surface area contributed by atoms with Crippen LogP contribution in [0.15, 0.2) is 53.6 Å². The number of hydrogen-bond acceptors (Lipinski definition) is 3. The summed E-state index contributed by atoms with van der Waals surface area (Å²) in [6.45, 7) is 3.99. The Hall–Kier alpha value is -2.95. The molecule has 0 fully saturated rings. The predicted octanol–water partition coefficient (Wildman–Crippen LogP) is 2.80. The van der Waals surface area contributed by atoms with Crippen LogP contribution < -0.4 is 5.43 Å². The van der Waals surface area contributed by atoms with Gasteiger partial charge in [0, 0.05) is 11.3 Å². The molecule has 0 atom stereocenters. The van der Waals surface area contributed by atoms with E-state index in [-0.39, 0.29) is 12.5 Å². The van der Waals surface area contributed by atoms with Crippen LogP contribution >= 0.6 is 0 Å². The summed E-state index contributed by atoms with van der Waals surface area (Å²) in [5.74, 6) is -0.201. The summed E-state index contributed by atoms with van der Waals surface area (Å²) in [5.41, 5.74) is 5.37. The summed E-state index contributed by atoms with van der Waals surface area (Å²) < 4.78 is 1.66. The fourth-order valence-electron chi connectivity index (χ4n) is 2.54. The Morgan fingerprint density at radius 3 is 2.78 bits per heavy atom. The summed E-state index contributed by atoms with van der Waals surface area (Å²) >= 11 is 0. The third-order valence-electron chi connectivity index (χ3n) is 3.61. The fourth-order valence-corrected chi connectivity index (χ4v) is 2.54. The van der Waals surface area contributed by atoms with Gasteiger partial charge in [0.15, 0.2) is 0 Å². The smallest absolute Gasteiger partial charge is 0.261 e. The van der Waals surface area contributed by atoms with E-state index < -0.39 is 0 Å². The first-order chi connectivity index (χ1) is 11.1. The number of benzene rings is 2. The molecule has 0 unspecified atom stereocenters. The molecule has 0 saturated carbocycles. The van der Waals surface area contributed by atoms with E-state index in [9.17, 15) is 4.79 Å². The number of rotatable bonds is 4. The number of hydrogen-bond donors (Lipinski definition) is 1. The molecule has 0 bridgehead atoms. The molecule has 2 aromatic carbocycles. The maximum absolute atomic E-state index is 11.9. The van der Waals surface area contributed by atoms with Crippen molar-refractivity contribution < 1.29 is 4.79 Å². The third-order valence-corrected chi connectivity index (χ3v) is 3.61. The van der Waals surface area contributed by atoms with Gasteiger partial charge in [-0.25, -0.2) is 5.43 Å². The largest absolute Gasteiger partial charge is 0.271 e. The number of nitrogens with one attached hydrogen (secondary N) is 1. The summed E-state index contributed by atoms with van der Waals surface area (Å²) in [5, 5.41) is 10.6. The topological polar surface area (TPSA) is 59.3 Å². The summed E-state index contributed by atoms with van der Waals surface area (Å²) in [7, 11) is 0. The number of carbonyl (C=O) groups is 1.